The number of rotatable bonds is 5. The van der Waals surface area contributed by atoms with Crippen molar-refractivity contribution in [2.75, 3.05) is 0 Å². The second-order valence-electron chi connectivity index (χ2n) is 10.5. The fourth-order valence-electron chi connectivity index (χ4n) is 5.82. The van der Waals surface area contributed by atoms with Crippen molar-refractivity contribution >= 4 is 5.65 Å². The lowest BCUT2D eigenvalue weighted by Gasteiger charge is -2.35. The molecule has 198 valence electrons. The molecule has 2 aliphatic heterocycles. The lowest BCUT2D eigenvalue weighted by Crippen LogP contribution is -2.42. The molecule has 39 heavy (non-hydrogen) atoms. The number of fused-ring (bicyclic) bond motifs is 4. The third-order valence-corrected chi connectivity index (χ3v) is 7.79. The van der Waals surface area contributed by atoms with E-state index in [4.69, 9.17) is 19.6 Å². The molecule has 0 spiro atoms. The van der Waals surface area contributed by atoms with Gasteiger partial charge in [0.25, 0.3) is 0 Å². The molecule has 1 fully saturated rings. The van der Waals surface area contributed by atoms with Crippen LogP contribution in [0.15, 0.2) is 61.2 Å². The Kier molecular flexibility index (Phi) is 5.60. The minimum Gasteiger partial charge on any atom is -0.488 e. The Bertz CT molecular complexity index is 1650. The van der Waals surface area contributed by atoms with Gasteiger partial charge in [-0.2, -0.15) is 5.10 Å². The third kappa shape index (κ3) is 4.03. The van der Waals surface area contributed by atoms with Crippen LogP contribution in [0.5, 0.6) is 11.6 Å². The third-order valence-electron chi connectivity index (χ3n) is 7.79. The van der Waals surface area contributed by atoms with Crippen molar-refractivity contribution in [2.45, 2.75) is 45.6 Å². The van der Waals surface area contributed by atoms with Crippen LogP contribution in [-0.4, -0.2) is 41.6 Å². The molecule has 2 aliphatic rings. The smallest absolute Gasteiger partial charge is 0.224 e. The van der Waals surface area contributed by atoms with Crippen LogP contribution >= 0.6 is 0 Å². The molecule has 4 unspecified atom stereocenters. The summed E-state index contributed by atoms with van der Waals surface area (Å²) in [5, 5.41) is 9.23. The van der Waals surface area contributed by atoms with Crippen molar-refractivity contribution in [3.05, 3.63) is 89.0 Å². The van der Waals surface area contributed by atoms with Crippen LogP contribution in [0.4, 0.5) is 0 Å². The van der Waals surface area contributed by atoms with E-state index < -0.39 is 0 Å². The first-order chi connectivity index (χ1) is 19.0. The maximum Gasteiger partial charge on any atom is 0.224 e. The summed E-state index contributed by atoms with van der Waals surface area (Å²) in [5.74, 6) is 2.26. The van der Waals surface area contributed by atoms with Gasteiger partial charge in [0.05, 0.1) is 11.8 Å². The molecule has 2 aromatic carbocycles. The average molecular weight is 523 g/mol. The number of nitrogens with zero attached hydrogens (tertiary/aromatic N) is 6. The van der Waals surface area contributed by atoms with E-state index in [0.29, 0.717) is 18.3 Å². The van der Waals surface area contributed by atoms with E-state index >= 15 is 0 Å². The zero-order valence-corrected chi connectivity index (χ0v) is 22.3. The molecule has 2 N–H and O–H groups in total. The minimum absolute atomic E-state index is 0.0115. The van der Waals surface area contributed by atoms with Gasteiger partial charge < -0.3 is 9.47 Å². The Hall–Kier alpha value is -4.28. The minimum atomic E-state index is -0.201. The number of nitrogens with one attached hydrogen (secondary N) is 2. The second kappa shape index (κ2) is 9.18. The van der Waals surface area contributed by atoms with Gasteiger partial charge in [0, 0.05) is 36.7 Å². The number of aryl methyl sites for hydroxylation is 3. The molecule has 5 heterocycles. The number of para-hydroxylation sites is 1. The van der Waals surface area contributed by atoms with E-state index in [1.54, 1.807) is 10.8 Å². The fourth-order valence-corrected chi connectivity index (χ4v) is 5.82. The molecule has 0 radical (unpaired) electrons. The van der Waals surface area contributed by atoms with Crippen LogP contribution in [0.25, 0.3) is 17.0 Å². The Balaban J connectivity index is 1.22. The number of hydrogen-bond donors (Lipinski definition) is 2. The number of ether oxygens (including phenoxy) is 2. The van der Waals surface area contributed by atoms with Crippen LogP contribution in [0, 0.1) is 19.8 Å². The van der Waals surface area contributed by atoms with Crippen LogP contribution in [0.2, 0.25) is 0 Å². The summed E-state index contributed by atoms with van der Waals surface area (Å²) < 4.78 is 16.0. The first-order valence-corrected chi connectivity index (χ1v) is 13.2. The van der Waals surface area contributed by atoms with Gasteiger partial charge in [0.1, 0.15) is 18.7 Å². The van der Waals surface area contributed by atoms with Crippen LogP contribution in [-0.2, 0) is 13.7 Å². The van der Waals surface area contributed by atoms with E-state index in [0.717, 1.165) is 44.8 Å². The van der Waals surface area contributed by atoms with Gasteiger partial charge >= 0.3 is 0 Å². The van der Waals surface area contributed by atoms with Crippen molar-refractivity contribution < 1.29 is 9.47 Å². The maximum atomic E-state index is 6.30. The molecule has 4 atom stereocenters. The van der Waals surface area contributed by atoms with E-state index in [2.05, 4.69) is 72.2 Å². The second-order valence-corrected chi connectivity index (χ2v) is 10.5. The zero-order chi connectivity index (χ0) is 26.7. The number of hydrazine groups is 1. The summed E-state index contributed by atoms with van der Waals surface area (Å²) in [5.41, 5.74) is 13.6. The van der Waals surface area contributed by atoms with Gasteiger partial charge in [0.2, 0.25) is 5.88 Å². The average Bonchev–Trinajstić information content (AvgIpc) is 3.66. The summed E-state index contributed by atoms with van der Waals surface area (Å²) in [6.45, 7) is 6.79. The number of benzene rings is 2. The Morgan fingerprint density at radius 2 is 1.85 bits per heavy atom. The van der Waals surface area contributed by atoms with Crippen molar-refractivity contribution in [1.29, 1.82) is 0 Å². The van der Waals surface area contributed by atoms with Gasteiger partial charge in [-0.3, -0.25) is 10.1 Å². The van der Waals surface area contributed by atoms with Crippen LogP contribution in [0.3, 0.4) is 0 Å². The molecule has 7 rings (SSSR count). The predicted octanol–water partition coefficient (Wildman–Crippen LogP) is 3.68. The Morgan fingerprint density at radius 1 is 1.05 bits per heavy atom. The highest BCUT2D eigenvalue weighted by molar-refractivity contribution is 5.64. The molecule has 0 saturated carbocycles. The highest BCUT2D eigenvalue weighted by Gasteiger charge is 2.48. The molecule has 10 nitrogen and oxygen atoms in total. The molecular formula is C29H30N8O2. The number of aromatic nitrogens is 6. The van der Waals surface area contributed by atoms with Gasteiger partial charge in [-0.15, -0.1) is 5.10 Å². The normalized spacial score (nSPS) is 21.9. The maximum absolute atomic E-state index is 6.30. The zero-order valence-electron chi connectivity index (χ0n) is 22.3. The topological polar surface area (TPSA) is 103 Å². The van der Waals surface area contributed by atoms with Crippen LogP contribution in [0.1, 0.15) is 40.7 Å². The van der Waals surface area contributed by atoms with Gasteiger partial charge in [0.15, 0.2) is 17.7 Å². The quantitative estimate of drug-likeness (QED) is 0.360. The molecule has 0 aliphatic carbocycles. The van der Waals surface area contributed by atoms with E-state index in [1.165, 1.54) is 0 Å². The standard InChI is InChI=1S/C29H30N8O2/c1-16-6-5-7-17(2)25(16)38-14-19-8-10-20(11-9-19)26-32-27-24-23(21-12-31-36(4)13-21)22-18(3)33-34-29(22)39-28(24)30-15-37(27)35-26/h5-13,15,18,22-23,29,33-34H,14H2,1-4H3. The first-order valence-electron chi connectivity index (χ1n) is 13.2. The molecule has 10 heteroatoms. The molecule has 1 saturated heterocycles. The fraction of sp³-hybridized carbons (Fsp3) is 0.310. The first kappa shape index (κ1) is 23.8. The summed E-state index contributed by atoms with van der Waals surface area (Å²) in [4.78, 5) is 9.63. The molecule has 5 aromatic rings. The Labute approximate surface area is 226 Å². The SMILES string of the molecule is Cc1cccc(C)c1OCc1ccc(-c2nc3c4c(ncn3n2)OC2NNC(C)C2C4c2cnn(C)c2)cc1. The summed E-state index contributed by atoms with van der Waals surface area (Å²) in [6.07, 6.45) is 5.45. The monoisotopic (exact) mass is 522 g/mol. The molecular weight excluding hydrogens is 492 g/mol. The largest absolute Gasteiger partial charge is 0.488 e. The number of hydrogen-bond acceptors (Lipinski definition) is 8. The lowest BCUT2D eigenvalue weighted by atomic mass is 9.77. The highest BCUT2D eigenvalue weighted by atomic mass is 16.5. The molecule has 3 aromatic heterocycles. The summed E-state index contributed by atoms with van der Waals surface area (Å²) in [6, 6.07) is 14.6. The van der Waals surface area contributed by atoms with Crippen molar-refractivity contribution in [3.63, 3.8) is 0 Å². The van der Waals surface area contributed by atoms with E-state index in [-0.39, 0.29) is 24.1 Å². The highest BCUT2D eigenvalue weighted by Crippen LogP contribution is 2.46. The van der Waals surface area contributed by atoms with Crippen LogP contribution < -0.4 is 20.3 Å². The summed E-state index contributed by atoms with van der Waals surface area (Å²) >= 11 is 0. The molecule has 0 amide bonds. The van der Waals surface area contributed by atoms with Gasteiger partial charge in [-0.1, -0.05) is 42.5 Å². The van der Waals surface area contributed by atoms with Crippen molar-refractivity contribution in [3.8, 4) is 23.0 Å². The Morgan fingerprint density at radius 3 is 2.59 bits per heavy atom. The van der Waals surface area contributed by atoms with Gasteiger partial charge in [-0.25, -0.2) is 19.9 Å². The summed E-state index contributed by atoms with van der Waals surface area (Å²) in [7, 11) is 1.93. The van der Waals surface area contributed by atoms with Crippen molar-refractivity contribution in [1.82, 2.24) is 40.2 Å². The predicted molar refractivity (Wildman–Crippen MR) is 145 cm³/mol. The van der Waals surface area contributed by atoms with E-state index in [9.17, 15) is 0 Å². The van der Waals surface area contributed by atoms with Gasteiger partial charge in [-0.05, 0) is 43.0 Å². The molecule has 0 bridgehead atoms. The van der Waals surface area contributed by atoms with Crippen molar-refractivity contribution in [2.24, 2.45) is 13.0 Å². The lowest BCUT2D eigenvalue weighted by molar-refractivity contribution is 0.0969. The van der Waals surface area contributed by atoms with E-state index in [1.807, 2.05) is 36.1 Å².